The molecule has 0 unspecified atom stereocenters. The van der Waals surface area contributed by atoms with E-state index in [0.717, 1.165) is 32.1 Å². The van der Waals surface area contributed by atoms with Crippen molar-refractivity contribution in [3.8, 4) is 0 Å². The number of ether oxygens (including phenoxy) is 2. The van der Waals surface area contributed by atoms with Crippen LogP contribution in [0.3, 0.4) is 0 Å². The summed E-state index contributed by atoms with van der Waals surface area (Å²) in [4.78, 5) is 33.1. The zero-order valence-electron chi connectivity index (χ0n) is 19.4. The number of hydrogen-bond donors (Lipinski definition) is 3. The molecule has 0 aromatic heterocycles. The highest BCUT2D eigenvalue weighted by Gasteiger charge is 2.01. The summed E-state index contributed by atoms with van der Waals surface area (Å²) in [5, 5.41) is 13.9. The Labute approximate surface area is 187 Å². The number of amides is 2. The fourth-order valence-corrected chi connectivity index (χ4v) is 3.14. The quantitative estimate of drug-likeness (QED) is 0.208. The highest BCUT2D eigenvalue weighted by Crippen LogP contribution is 2.13. The number of carboxylic acid groups (broad SMARTS) is 1. The van der Waals surface area contributed by atoms with Gasteiger partial charge in [0.25, 0.3) is 0 Å². The Morgan fingerprint density at radius 2 is 1.13 bits per heavy atom. The molecular formula is C23H44N2O6. The summed E-state index contributed by atoms with van der Waals surface area (Å²) in [6.07, 6.45) is 14.5. The molecule has 3 N–H and O–H groups in total. The second-order valence-corrected chi connectivity index (χ2v) is 7.82. The lowest BCUT2D eigenvalue weighted by Gasteiger charge is -2.07. The second kappa shape index (κ2) is 23.0. The molecule has 0 fully saturated rings. The standard InChI is InChI=1S/C23H44N2O6/c1-24-22(27)20-31-19-18-30-17-16-25-21(26)14-12-10-8-6-4-2-3-5-7-9-11-13-15-23(28)29/h2-20H2,1H3,(H,24,27)(H,25,26)(H,28,29). The number of carbonyl (C=O) groups excluding carboxylic acids is 2. The van der Waals surface area contributed by atoms with E-state index >= 15 is 0 Å². The van der Waals surface area contributed by atoms with Crippen molar-refractivity contribution in [1.29, 1.82) is 0 Å². The molecule has 182 valence electrons. The Morgan fingerprint density at radius 1 is 0.645 bits per heavy atom. The average molecular weight is 445 g/mol. The van der Waals surface area contributed by atoms with E-state index in [1.807, 2.05) is 0 Å². The van der Waals surface area contributed by atoms with Crippen LogP contribution < -0.4 is 10.6 Å². The topological polar surface area (TPSA) is 114 Å². The first-order chi connectivity index (χ1) is 15.1. The first-order valence-corrected chi connectivity index (χ1v) is 11.9. The van der Waals surface area contributed by atoms with Crippen LogP contribution in [0.2, 0.25) is 0 Å². The Kier molecular flexibility index (Phi) is 21.8. The molecule has 0 aliphatic heterocycles. The highest BCUT2D eigenvalue weighted by molar-refractivity contribution is 5.76. The van der Waals surface area contributed by atoms with E-state index in [1.165, 1.54) is 44.9 Å². The second-order valence-electron chi connectivity index (χ2n) is 7.82. The minimum absolute atomic E-state index is 0.0359. The SMILES string of the molecule is CNC(=O)COCCOCCNC(=O)CCCCCCCCCCCCCCC(=O)O. The molecule has 0 aliphatic carbocycles. The van der Waals surface area contributed by atoms with Crippen molar-refractivity contribution in [1.82, 2.24) is 10.6 Å². The molecular weight excluding hydrogens is 400 g/mol. The van der Waals surface area contributed by atoms with Crippen molar-refractivity contribution in [2.45, 2.75) is 89.9 Å². The molecule has 0 saturated carbocycles. The first-order valence-electron chi connectivity index (χ1n) is 11.9. The summed E-state index contributed by atoms with van der Waals surface area (Å²) in [7, 11) is 1.56. The number of unbranched alkanes of at least 4 members (excludes halogenated alkanes) is 11. The van der Waals surface area contributed by atoms with Crippen LogP contribution >= 0.6 is 0 Å². The molecule has 0 aliphatic rings. The molecule has 0 spiro atoms. The summed E-state index contributed by atoms with van der Waals surface area (Å²) in [6, 6.07) is 0. The number of carbonyl (C=O) groups is 3. The predicted molar refractivity (Wildman–Crippen MR) is 121 cm³/mol. The van der Waals surface area contributed by atoms with Gasteiger partial charge in [0.1, 0.15) is 6.61 Å². The van der Waals surface area contributed by atoms with Gasteiger partial charge in [0.05, 0.1) is 19.8 Å². The maximum Gasteiger partial charge on any atom is 0.303 e. The van der Waals surface area contributed by atoms with Crippen LogP contribution in [0, 0.1) is 0 Å². The van der Waals surface area contributed by atoms with Crippen molar-refractivity contribution >= 4 is 17.8 Å². The van der Waals surface area contributed by atoms with Crippen LogP contribution in [0.4, 0.5) is 0 Å². The molecule has 0 aromatic carbocycles. The lowest BCUT2D eigenvalue weighted by Crippen LogP contribution is -2.27. The number of aliphatic carboxylic acids is 1. The molecule has 0 heterocycles. The predicted octanol–water partition coefficient (Wildman–Crippen LogP) is 3.43. The summed E-state index contributed by atoms with van der Waals surface area (Å²) in [6.45, 7) is 1.73. The normalized spacial score (nSPS) is 10.7. The molecule has 0 bridgehead atoms. The fourth-order valence-electron chi connectivity index (χ4n) is 3.14. The van der Waals surface area contributed by atoms with Crippen LogP contribution in [-0.2, 0) is 23.9 Å². The van der Waals surface area contributed by atoms with Crippen LogP contribution in [0.25, 0.3) is 0 Å². The van der Waals surface area contributed by atoms with Gasteiger partial charge in [-0.25, -0.2) is 0 Å². The summed E-state index contributed by atoms with van der Waals surface area (Å²) in [5.74, 6) is -0.780. The highest BCUT2D eigenvalue weighted by atomic mass is 16.5. The summed E-state index contributed by atoms with van der Waals surface area (Å²) < 4.78 is 10.4. The molecule has 0 aromatic rings. The van der Waals surface area contributed by atoms with Crippen LogP contribution in [0.5, 0.6) is 0 Å². The number of rotatable bonds is 23. The third-order valence-electron chi connectivity index (χ3n) is 5.00. The minimum atomic E-state index is -0.690. The van der Waals surface area contributed by atoms with E-state index in [4.69, 9.17) is 14.6 Å². The van der Waals surface area contributed by atoms with Crippen molar-refractivity contribution in [2.24, 2.45) is 0 Å². The van der Waals surface area contributed by atoms with E-state index in [1.54, 1.807) is 7.05 Å². The van der Waals surface area contributed by atoms with E-state index in [2.05, 4.69) is 10.6 Å². The molecule has 0 radical (unpaired) electrons. The molecule has 2 amide bonds. The van der Waals surface area contributed by atoms with E-state index in [-0.39, 0.29) is 18.4 Å². The largest absolute Gasteiger partial charge is 0.481 e. The van der Waals surface area contributed by atoms with Crippen LogP contribution in [-0.4, -0.2) is 62.9 Å². The van der Waals surface area contributed by atoms with E-state index in [0.29, 0.717) is 39.2 Å². The average Bonchev–Trinajstić information content (AvgIpc) is 2.75. The van der Waals surface area contributed by atoms with Gasteiger partial charge >= 0.3 is 5.97 Å². The van der Waals surface area contributed by atoms with Gasteiger partial charge in [0, 0.05) is 26.4 Å². The Balaban J connectivity index is 3.19. The Morgan fingerprint density at radius 3 is 1.65 bits per heavy atom. The maximum atomic E-state index is 11.8. The van der Waals surface area contributed by atoms with Crippen LogP contribution in [0.15, 0.2) is 0 Å². The molecule has 0 saturated heterocycles. The van der Waals surface area contributed by atoms with E-state index < -0.39 is 5.97 Å². The zero-order chi connectivity index (χ0) is 23.0. The van der Waals surface area contributed by atoms with E-state index in [9.17, 15) is 14.4 Å². The van der Waals surface area contributed by atoms with Gasteiger partial charge in [-0.3, -0.25) is 14.4 Å². The molecule has 8 nitrogen and oxygen atoms in total. The lowest BCUT2D eigenvalue weighted by atomic mass is 10.0. The van der Waals surface area contributed by atoms with Gasteiger partial charge in [-0.15, -0.1) is 0 Å². The number of hydrogen-bond acceptors (Lipinski definition) is 5. The Bertz CT molecular complexity index is 459. The van der Waals surface area contributed by atoms with Crippen molar-refractivity contribution in [2.75, 3.05) is 40.0 Å². The summed E-state index contributed by atoms with van der Waals surface area (Å²) in [5.41, 5.74) is 0. The number of carboxylic acids is 1. The monoisotopic (exact) mass is 444 g/mol. The van der Waals surface area contributed by atoms with Gasteiger partial charge in [0.2, 0.25) is 11.8 Å². The van der Waals surface area contributed by atoms with Crippen LogP contribution in [0.1, 0.15) is 89.9 Å². The molecule has 31 heavy (non-hydrogen) atoms. The van der Waals surface area contributed by atoms with Crippen molar-refractivity contribution < 1.29 is 29.0 Å². The summed E-state index contributed by atoms with van der Waals surface area (Å²) >= 11 is 0. The van der Waals surface area contributed by atoms with Gasteiger partial charge < -0.3 is 25.2 Å². The first kappa shape index (κ1) is 29.3. The van der Waals surface area contributed by atoms with Gasteiger partial charge in [-0.1, -0.05) is 64.2 Å². The number of nitrogens with one attached hydrogen (secondary N) is 2. The molecule has 0 rings (SSSR count). The lowest BCUT2D eigenvalue weighted by molar-refractivity contribution is -0.137. The molecule has 0 atom stereocenters. The van der Waals surface area contributed by atoms with Gasteiger partial charge in [-0.2, -0.15) is 0 Å². The third-order valence-corrected chi connectivity index (χ3v) is 5.00. The zero-order valence-corrected chi connectivity index (χ0v) is 19.4. The Hall–Kier alpha value is -1.67. The maximum absolute atomic E-state index is 11.8. The fraction of sp³-hybridized carbons (Fsp3) is 0.870. The van der Waals surface area contributed by atoms with Crippen molar-refractivity contribution in [3.63, 3.8) is 0 Å². The molecule has 8 heteroatoms. The number of likely N-dealkylation sites (N-methyl/N-ethyl adjacent to an activating group) is 1. The van der Waals surface area contributed by atoms with Crippen molar-refractivity contribution in [3.05, 3.63) is 0 Å². The third kappa shape index (κ3) is 24.5. The van der Waals surface area contributed by atoms with Gasteiger partial charge in [-0.05, 0) is 12.8 Å². The smallest absolute Gasteiger partial charge is 0.303 e. The minimum Gasteiger partial charge on any atom is -0.481 e. The van der Waals surface area contributed by atoms with Gasteiger partial charge in [0.15, 0.2) is 0 Å².